The first-order chi connectivity index (χ1) is 9.22. The van der Waals surface area contributed by atoms with Crippen molar-refractivity contribution in [1.82, 2.24) is 4.90 Å². The molecule has 19 heavy (non-hydrogen) atoms. The van der Waals surface area contributed by atoms with E-state index >= 15 is 0 Å². The maximum atomic E-state index is 13.8. The molecule has 1 aliphatic heterocycles. The van der Waals surface area contributed by atoms with Crippen molar-refractivity contribution < 1.29 is 14.2 Å². The van der Waals surface area contributed by atoms with Crippen LogP contribution in [0, 0.1) is 5.82 Å². The molecule has 1 heterocycles. The van der Waals surface area contributed by atoms with E-state index in [4.69, 9.17) is 4.74 Å². The SMILES string of the molecule is O[C@@H](CCN1CCC1)c1ccc(OC2CC2)c(F)c1. The van der Waals surface area contributed by atoms with Gasteiger partial charge in [-0.1, -0.05) is 6.07 Å². The van der Waals surface area contributed by atoms with Crippen LogP contribution in [0.25, 0.3) is 0 Å². The minimum Gasteiger partial charge on any atom is -0.487 e. The van der Waals surface area contributed by atoms with Crippen molar-refractivity contribution in [2.24, 2.45) is 0 Å². The molecule has 0 spiro atoms. The Morgan fingerprint density at radius 3 is 2.74 bits per heavy atom. The molecule has 104 valence electrons. The molecule has 0 amide bonds. The average Bonchev–Trinajstić information content (AvgIpc) is 3.13. The molecule has 4 heteroatoms. The molecule has 0 radical (unpaired) electrons. The quantitative estimate of drug-likeness (QED) is 0.857. The van der Waals surface area contributed by atoms with E-state index in [1.807, 2.05) is 0 Å². The number of hydrogen-bond acceptors (Lipinski definition) is 3. The van der Waals surface area contributed by atoms with Crippen molar-refractivity contribution in [2.75, 3.05) is 19.6 Å². The molecule has 3 rings (SSSR count). The maximum Gasteiger partial charge on any atom is 0.165 e. The molecule has 0 unspecified atom stereocenters. The Morgan fingerprint density at radius 2 is 2.16 bits per heavy atom. The van der Waals surface area contributed by atoms with Crippen molar-refractivity contribution in [3.63, 3.8) is 0 Å². The number of aliphatic hydroxyl groups is 1. The molecule has 0 aromatic heterocycles. The van der Waals surface area contributed by atoms with Crippen molar-refractivity contribution in [1.29, 1.82) is 0 Å². The summed E-state index contributed by atoms with van der Waals surface area (Å²) in [4.78, 5) is 2.30. The first-order valence-electron chi connectivity index (χ1n) is 7.09. The zero-order chi connectivity index (χ0) is 13.2. The van der Waals surface area contributed by atoms with Crippen molar-refractivity contribution in [3.05, 3.63) is 29.6 Å². The molecule has 2 fully saturated rings. The van der Waals surface area contributed by atoms with Gasteiger partial charge in [0.1, 0.15) is 0 Å². The smallest absolute Gasteiger partial charge is 0.165 e. The lowest BCUT2D eigenvalue weighted by atomic mass is 10.0. The van der Waals surface area contributed by atoms with Crippen molar-refractivity contribution >= 4 is 0 Å². The van der Waals surface area contributed by atoms with Crippen LogP contribution in [-0.4, -0.2) is 35.7 Å². The molecule has 1 N–H and O–H groups in total. The number of ether oxygens (including phenoxy) is 1. The minimum absolute atomic E-state index is 0.191. The second-order valence-corrected chi connectivity index (χ2v) is 5.51. The summed E-state index contributed by atoms with van der Waals surface area (Å²) in [5.41, 5.74) is 0.640. The number of hydrogen-bond donors (Lipinski definition) is 1. The molecule has 1 saturated heterocycles. The number of likely N-dealkylation sites (tertiary alicyclic amines) is 1. The van der Waals surface area contributed by atoms with Gasteiger partial charge in [-0.15, -0.1) is 0 Å². The molecule has 3 nitrogen and oxygen atoms in total. The van der Waals surface area contributed by atoms with Gasteiger partial charge in [0.15, 0.2) is 11.6 Å². The van der Waals surface area contributed by atoms with Crippen LogP contribution in [0.2, 0.25) is 0 Å². The van der Waals surface area contributed by atoms with Crippen LogP contribution >= 0.6 is 0 Å². The fourth-order valence-electron chi connectivity index (χ4n) is 2.26. The highest BCUT2D eigenvalue weighted by Crippen LogP contribution is 2.30. The largest absolute Gasteiger partial charge is 0.487 e. The van der Waals surface area contributed by atoms with Crippen LogP contribution in [0.5, 0.6) is 5.75 Å². The lowest BCUT2D eigenvalue weighted by Gasteiger charge is -2.31. The van der Waals surface area contributed by atoms with Crippen molar-refractivity contribution in [3.8, 4) is 5.75 Å². The highest BCUT2D eigenvalue weighted by Gasteiger charge is 2.25. The van der Waals surface area contributed by atoms with Gasteiger partial charge in [0.05, 0.1) is 12.2 Å². The van der Waals surface area contributed by atoms with Crippen LogP contribution in [0.15, 0.2) is 18.2 Å². The predicted octanol–water partition coefficient (Wildman–Crippen LogP) is 2.50. The molecule has 1 atom stereocenters. The van der Waals surface area contributed by atoms with Crippen LogP contribution in [0.3, 0.4) is 0 Å². The van der Waals surface area contributed by atoms with Gasteiger partial charge in [-0.2, -0.15) is 0 Å². The summed E-state index contributed by atoms with van der Waals surface area (Å²) in [5, 5.41) is 10.1. The van der Waals surface area contributed by atoms with E-state index in [1.54, 1.807) is 12.1 Å². The third kappa shape index (κ3) is 3.25. The summed E-state index contributed by atoms with van der Waals surface area (Å²) in [6.07, 6.45) is 3.53. The zero-order valence-electron chi connectivity index (χ0n) is 11.0. The average molecular weight is 265 g/mol. The van der Waals surface area contributed by atoms with E-state index in [9.17, 15) is 9.50 Å². The van der Waals surface area contributed by atoms with E-state index < -0.39 is 6.10 Å². The van der Waals surface area contributed by atoms with Crippen LogP contribution < -0.4 is 4.74 Å². The predicted molar refractivity (Wildman–Crippen MR) is 70.7 cm³/mol. The zero-order valence-corrected chi connectivity index (χ0v) is 11.0. The lowest BCUT2D eigenvalue weighted by Crippen LogP contribution is -2.38. The first kappa shape index (κ1) is 12.9. The van der Waals surface area contributed by atoms with Gasteiger partial charge in [-0.05, 0) is 56.5 Å². The minimum atomic E-state index is -0.593. The Morgan fingerprint density at radius 1 is 1.37 bits per heavy atom. The van der Waals surface area contributed by atoms with Gasteiger partial charge >= 0.3 is 0 Å². The first-order valence-corrected chi connectivity index (χ1v) is 7.09. The third-order valence-electron chi connectivity index (χ3n) is 3.83. The topological polar surface area (TPSA) is 32.7 Å². The van der Waals surface area contributed by atoms with Gasteiger partial charge in [-0.25, -0.2) is 4.39 Å². The van der Waals surface area contributed by atoms with Crippen LogP contribution in [-0.2, 0) is 0 Å². The number of halogens is 1. The van der Waals surface area contributed by atoms with Gasteiger partial charge in [0, 0.05) is 6.54 Å². The number of aliphatic hydroxyl groups excluding tert-OH is 1. The molecule has 0 bridgehead atoms. The fourth-order valence-corrected chi connectivity index (χ4v) is 2.26. The van der Waals surface area contributed by atoms with Gasteiger partial charge < -0.3 is 14.7 Å². The Labute approximate surface area is 113 Å². The normalized spacial score (nSPS) is 20.9. The second-order valence-electron chi connectivity index (χ2n) is 5.51. The van der Waals surface area contributed by atoms with E-state index in [0.29, 0.717) is 17.7 Å². The standard InChI is InChI=1S/C15H20FNO2/c16-13-10-11(2-5-15(13)19-12-3-4-12)14(18)6-9-17-7-1-8-17/h2,5,10,12,14,18H,1,3-4,6-9H2/t14-/m0/s1. The summed E-state index contributed by atoms with van der Waals surface area (Å²) >= 11 is 0. The summed E-state index contributed by atoms with van der Waals surface area (Å²) < 4.78 is 19.3. The van der Waals surface area contributed by atoms with Gasteiger partial charge in [0.25, 0.3) is 0 Å². The van der Waals surface area contributed by atoms with E-state index in [0.717, 1.165) is 32.5 Å². The lowest BCUT2D eigenvalue weighted by molar-refractivity contribution is 0.116. The van der Waals surface area contributed by atoms with Gasteiger partial charge in [0.2, 0.25) is 0 Å². The second kappa shape index (κ2) is 5.47. The maximum absolute atomic E-state index is 13.8. The Kier molecular flexibility index (Phi) is 3.71. The highest BCUT2D eigenvalue weighted by atomic mass is 19.1. The van der Waals surface area contributed by atoms with E-state index in [2.05, 4.69) is 4.90 Å². The molecule has 2 aliphatic rings. The molecule has 1 aromatic carbocycles. The van der Waals surface area contributed by atoms with E-state index in [1.165, 1.54) is 12.5 Å². The molecular weight excluding hydrogens is 245 g/mol. The highest BCUT2D eigenvalue weighted by molar-refractivity contribution is 5.31. The van der Waals surface area contributed by atoms with E-state index in [-0.39, 0.29) is 11.9 Å². The Bertz CT molecular complexity index is 444. The molecule has 1 saturated carbocycles. The Balaban J connectivity index is 1.57. The monoisotopic (exact) mass is 265 g/mol. The summed E-state index contributed by atoms with van der Waals surface area (Å²) in [6.45, 7) is 3.12. The number of rotatable bonds is 6. The van der Waals surface area contributed by atoms with Gasteiger partial charge in [-0.3, -0.25) is 0 Å². The summed E-state index contributed by atoms with van der Waals surface area (Å²) in [5.74, 6) is -0.0615. The number of nitrogens with zero attached hydrogens (tertiary/aromatic N) is 1. The molecule has 1 aromatic rings. The molecular formula is C15H20FNO2. The van der Waals surface area contributed by atoms with Crippen LogP contribution in [0.1, 0.15) is 37.4 Å². The number of benzene rings is 1. The fraction of sp³-hybridized carbons (Fsp3) is 0.600. The summed E-state index contributed by atoms with van der Waals surface area (Å²) in [6, 6.07) is 4.80. The molecule has 1 aliphatic carbocycles. The Hall–Kier alpha value is -1.13. The summed E-state index contributed by atoms with van der Waals surface area (Å²) in [7, 11) is 0. The van der Waals surface area contributed by atoms with Crippen LogP contribution in [0.4, 0.5) is 4.39 Å². The third-order valence-corrected chi connectivity index (χ3v) is 3.83. The van der Waals surface area contributed by atoms with Crippen molar-refractivity contribution in [2.45, 2.75) is 37.9 Å².